The van der Waals surface area contributed by atoms with E-state index < -0.39 is 20.6 Å². The summed E-state index contributed by atoms with van der Waals surface area (Å²) < 4.78 is 36.5. The van der Waals surface area contributed by atoms with Gasteiger partial charge in [-0.3, -0.25) is 9.00 Å². The van der Waals surface area contributed by atoms with Crippen molar-refractivity contribution in [3.05, 3.63) is 83.0 Å². The van der Waals surface area contributed by atoms with Crippen LogP contribution in [0.4, 0.5) is 0 Å². The summed E-state index contributed by atoms with van der Waals surface area (Å²) in [6.07, 6.45) is 2.77. The number of hydrogen-bond donors (Lipinski definition) is 0. The van der Waals surface area contributed by atoms with Gasteiger partial charge < -0.3 is 0 Å². The van der Waals surface area contributed by atoms with E-state index >= 15 is 0 Å². The SMILES string of the molecule is CS(=O)c1cccc(-c2c(-c3ccc(S(C)(=O)=O)cc3)sc3ccccc3c2=O)c1. The van der Waals surface area contributed by atoms with Crippen molar-refractivity contribution in [2.24, 2.45) is 0 Å². The highest BCUT2D eigenvalue weighted by Gasteiger charge is 2.17. The summed E-state index contributed by atoms with van der Waals surface area (Å²) in [6.45, 7) is 0. The first-order valence-electron chi connectivity index (χ1n) is 9.06. The highest BCUT2D eigenvalue weighted by atomic mass is 32.2. The second-order valence-electron chi connectivity index (χ2n) is 6.91. The summed E-state index contributed by atoms with van der Waals surface area (Å²) in [5.74, 6) is 0. The maximum atomic E-state index is 13.5. The van der Waals surface area contributed by atoms with Gasteiger partial charge in [0.05, 0.1) is 4.90 Å². The number of sulfone groups is 1. The highest BCUT2D eigenvalue weighted by Crippen LogP contribution is 2.37. The minimum Gasteiger partial charge on any atom is -0.288 e. The Hall–Kier alpha value is -2.61. The molecule has 1 aromatic heterocycles. The summed E-state index contributed by atoms with van der Waals surface area (Å²) in [7, 11) is -4.49. The second-order valence-corrected chi connectivity index (χ2v) is 11.4. The van der Waals surface area contributed by atoms with Crippen LogP contribution in [0.5, 0.6) is 0 Å². The Bertz CT molecular complexity index is 1450. The molecule has 4 nitrogen and oxygen atoms in total. The van der Waals surface area contributed by atoms with Crippen molar-refractivity contribution in [3.8, 4) is 21.6 Å². The van der Waals surface area contributed by atoms with Crippen molar-refractivity contribution in [2.75, 3.05) is 12.5 Å². The number of rotatable bonds is 4. The molecule has 1 atom stereocenters. The Morgan fingerprint density at radius 1 is 0.867 bits per heavy atom. The van der Waals surface area contributed by atoms with E-state index in [2.05, 4.69) is 0 Å². The van der Waals surface area contributed by atoms with Gasteiger partial charge in [-0.1, -0.05) is 36.4 Å². The smallest absolute Gasteiger partial charge is 0.196 e. The molecule has 0 aliphatic carbocycles. The van der Waals surface area contributed by atoms with E-state index in [1.165, 1.54) is 11.3 Å². The molecule has 0 spiro atoms. The van der Waals surface area contributed by atoms with Gasteiger partial charge in [-0.15, -0.1) is 11.3 Å². The number of benzene rings is 3. The van der Waals surface area contributed by atoms with E-state index in [4.69, 9.17) is 0 Å². The van der Waals surface area contributed by atoms with E-state index in [0.29, 0.717) is 21.4 Å². The molecule has 0 bridgehead atoms. The first kappa shape index (κ1) is 20.7. The molecule has 0 aliphatic rings. The highest BCUT2D eigenvalue weighted by molar-refractivity contribution is 7.90. The Morgan fingerprint density at radius 3 is 2.23 bits per heavy atom. The van der Waals surface area contributed by atoms with Gasteiger partial charge in [0.1, 0.15) is 0 Å². The van der Waals surface area contributed by atoms with Crippen LogP contribution in [-0.4, -0.2) is 25.1 Å². The van der Waals surface area contributed by atoms with Crippen molar-refractivity contribution in [3.63, 3.8) is 0 Å². The van der Waals surface area contributed by atoms with Crippen molar-refractivity contribution in [1.82, 2.24) is 0 Å². The molecule has 30 heavy (non-hydrogen) atoms. The fraction of sp³-hybridized carbons (Fsp3) is 0.0870. The molecule has 1 heterocycles. The lowest BCUT2D eigenvalue weighted by atomic mass is 10.0. The van der Waals surface area contributed by atoms with E-state index in [-0.39, 0.29) is 10.3 Å². The summed E-state index contributed by atoms with van der Waals surface area (Å²) >= 11 is 1.48. The first-order valence-corrected chi connectivity index (χ1v) is 13.3. The molecule has 0 radical (unpaired) electrons. The summed E-state index contributed by atoms with van der Waals surface area (Å²) in [5.41, 5.74) is 1.87. The maximum absolute atomic E-state index is 13.5. The van der Waals surface area contributed by atoms with Crippen molar-refractivity contribution in [2.45, 2.75) is 9.79 Å². The van der Waals surface area contributed by atoms with Crippen LogP contribution in [0.15, 0.2) is 87.4 Å². The van der Waals surface area contributed by atoms with Crippen LogP contribution >= 0.6 is 11.3 Å². The predicted octanol–water partition coefficient (Wildman–Crippen LogP) is 4.74. The minimum absolute atomic E-state index is 0.106. The molecule has 152 valence electrons. The van der Waals surface area contributed by atoms with Gasteiger partial charge in [0.2, 0.25) is 0 Å². The predicted molar refractivity (Wildman–Crippen MR) is 124 cm³/mol. The largest absolute Gasteiger partial charge is 0.288 e. The molecule has 4 aromatic rings. The van der Waals surface area contributed by atoms with Gasteiger partial charge in [0, 0.05) is 48.7 Å². The van der Waals surface area contributed by atoms with Crippen LogP contribution < -0.4 is 5.43 Å². The molecule has 0 saturated carbocycles. The van der Waals surface area contributed by atoms with E-state index in [1.54, 1.807) is 54.8 Å². The lowest BCUT2D eigenvalue weighted by Gasteiger charge is -2.12. The van der Waals surface area contributed by atoms with Gasteiger partial charge in [-0.05, 0) is 47.5 Å². The number of fused-ring (bicyclic) bond motifs is 1. The molecule has 1 unspecified atom stereocenters. The zero-order valence-corrected chi connectivity index (χ0v) is 18.7. The Kier molecular flexibility index (Phi) is 5.44. The standard InChI is InChI=1S/C23H18O4S3/c1-29(25)17-7-5-6-16(14-17)21-22(24)19-8-3-4-9-20(19)28-23(21)15-10-12-18(13-11-15)30(2,26)27/h3-14H,1-2H3. The third kappa shape index (κ3) is 3.88. The third-order valence-corrected chi connectivity index (χ3v) is 8.06. The Morgan fingerprint density at radius 2 is 1.57 bits per heavy atom. The van der Waals surface area contributed by atoms with Gasteiger partial charge in [0.15, 0.2) is 15.3 Å². The average Bonchev–Trinajstić information content (AvgIpc) is 2.73. The molecule has 0 saturated heterocycles. The fourth-order valence-corrected chi connectivity index (χ4v) is 5.69. The van der Waals surface area contributed by atoms with Crippen LogP contribution in [0, 0.1) is 0 Å². The fourth-order valence-electron chi connectivity index (χ4n) is 3.29. The van der Waals surface area contributed by atoms with E-state index in [1.807, 2.05) is 24.3 Å². The first-order chi connectivity index (χ1) is 14.3. The Balaban J connectivity index is 2.04. The average molecular weight is 455 g/mol. The van der Waals surface area contributed by atoms with E-state index in [9.17, 15) is 17.4 Å². The summed E-state index contributed by atoms with van der Waals surface area (Å²) in [6, 6.07) is 21.2. The molecule has 0 aliphatic heterocycles. The van der Waals surface area contributed by atoms with Crippen molar-refractivity contribution < 1.29 is 12.6 Å². The Labute approximate surface area is 181 Å². The zero-order chi connectivity index (χ0) is 21.5. The third-order valence-electron chi connectivity index (χ3n) is 4.80. The topological polar surface area (TPSA) is 68.3 Å². The van der Waals surface area contributed by atoms with Crippen molar-refractivity contribution >= 4 is 42.1 Å². The van der Waals surface area contributed by atoms with Crippen LogP contribution in [-0.2, 0) is 20.6 Å². The number of hydrogen-bond acceptors (Lipinski definition) is 5. The van der Waals surface area contributed by atoms with Crippen LogP contribution in [0.2, 0.25) is 0 Å². The monoisotopic (exact) mass is 454 g/mol. The van der Waals surface area contributed by atoms with E-state index in [0.717, 1.165) is 21.4 Å². The van der Waals surface area contributed by atoms with Crippen LogP contribution in [0.25, 0.3) is 31.7 Å². The van der Waals surface area contributed by atoms with Crippen molar-refractivity contribution in [1.29, 1.82) is 0 Å². The van der Waals surface area contributed by atoms with Gasteiger partial charge >= 0.3 is 0 Å². The normalized spacial score (nSPS) is 12.7. The van der Waals surface area contributed by atoms with Crippen LogP contribution in [0.3, 0.4) is 0 Å². The second kappa shape index (κ2) is 7.91. The molecule has 0 amide bonds. The zero-order valence-electron chi connectivity index (χ0n) is 16.3. The lowest BCUT2D eigenvalue weighted by molar-refractivity contribution is 0.602. The molecular formula is C23H18O4S3. The molecular weight excluding hydrogens is 436 g/mol. The minimum atomic E-state index is -3.31. The molecule has 7 heteroatoms. The van der Waals surface area contributed by atoms with Gasteiger partial charge in [-0.25, -0.2) is 8.42 Å². The quantitative estimate of drug-likeness (QED) is 0.447. The van der Waals surface area contributed by atoms with Crippen LogP contribution in [0.1, 0.15) is 0 Å². The summed E-state index contributed by atoms with van der Waals surface area (Å²) in [4.78, 5) is 15.1. The maximum Gasteiger partial charge on any atom is 0.196 e. The lowest BCUT2D eigenvalue weighted by Crippen LogP contribution is -2.06. The van der Waals surface area contributed by atoms with Gasteiger partial charge in [-0.2, -0.15) is 0 Å². The summed E-state index contributed by atoms with van der Waals surface area (Å²) in [5, 5.41) is 0.622. The molecule has 0 fully saturated rings. The molecule has 4 rings (SSSR count). The molecule has 3 aromatic carbocycles. The molecule has 0 N–H and O–H groups in total. The van der Waals surface area contributed by atoms with Gasteiger partial charge in [0.25, 0.3) is 0 Å².